The first-order chi connectivity index (χ1) is 13.8. The van der Waals surface area contributed by atoms with E-state index in [9.17, 15) is 5.11 Å². The maximum absolute atomic E-state index is 9.91. The van der Waals surface area contributed by atoms with Crippen LogP contribution in [0.1, 0.15) is 56.6 Å². The molecule has 2 aliphatic rings. The van der Waals surface area contributed by atoms with Gasteiger partial charge in [0.15, 0.2) is 11.5 Å². The third-order valence-corrected chi connectivity index (χ3v) is 5.90. The highest BCUT2D eigenvalue weighted by atomic mass is 16.3. The summed E-state index contributed by atoms with van der Waals surface area (Å²) in [5.74, 6) is 2.93. The van der Waals surface area contributed by atoms with Crippen molar-refractivity contribution in [1.82, 2.24) is 30.4 Å². The van der Waals surface area contributed by atoms with Gasteiger partial charge in [0.05, 0.1) is 24.2 Å². The molecule has 2 aliphatic carbocycles. The van der Waals surface area contributed by atoms with Crippen LogP contribution in [0.4, 0.5) is 17.6 Å². The summed E-state index contributed by atoms with van der Waals surface area (Å²) < 4.78 is 0. The van der Waals surface area contributed by atoms with Crippen molar-refractivity contribution in [1.29, 1.82) is 0 Å². The molecule has 0 unspecified atom stereocenters. The average molecular weight is 382 g/mol. The molecule has 148 valence electrons. The van der Waals surface area contributed by atoms with Crippen LogP contribution in [0.25, 0.3) is 11.0 Å². The summed E-state index contributed by atoms with van der Waals surface area (Å²) in [4.78, 5) is 9.21. The van der Waals surface area contributed by atoms with Gasteiger partial charge in [0.2, 0.25) is 5.95 Å². The number of hydrogen-bond acceptors (Lipinski definition) is 7. The first-order valence-electron chi connectivity index (χ1n) is 10.2. The predicted molar refractivity (Wildman–Crippen MR) is 107 cm³/mol. The number of aliphatic hydroxyl groups excluding tert-OH is 1. The average Bonchev–Trinajstić information content (AvgIpc) is 3.28. The molecule has 3 aromatic heterocycles. The van der Waals surface area contributed by atoms with E-state index in [0.29, 0.717) is 29.2 Å². The van der Waals surface area contributed by atoms with E-state index in [1.54, 1.807) is 6.20 Å². The van der Waals surface area contributed by atoms with Gasteiger partial charge in [0.1, 0.15) is 5.82 Å². The summed E-state index contributed by atoms with van der Waals surface area (Å²) in [5.41, 5.74) is 1.81. The van der Waals surface area contributed by atoms with Gasteiger partial charge in [0, 0.05) is 17.7 Å². The molecule has 2 fully saturated rings. The number of hydrogen-bond donors (Lipinski definition) is 5. The Labute approximate surface area is 162 Å². The second-order valence-corrected chi connectivity index (χ2v) is 7.97. The summed E-state index contributed by atoms with van der Waals surface area (Å²) >= 11 is 0. The molecule has 2 saturated carbocycles. The number of fused-ring (bicyclic) bond motifs is 1. The molecular weight excluding hydrogens is 356 g/mol. The summed E-state index contributed by atoms with van der Waals surface area (Å²) in [7, 11) is 0. The molecule has 0 bridgehead atoms. The van der Waals surface area contributed by atoms with Crippen molar-refractivity contribution in [2.75, 3.05) is 17.2 Å². The topological polar surface area (TPSA) is 127 Å². The molecule has 0 aliphatic heterocycles. The van der Waals surface area contributed by atoms with Crippen molar-refractivity contribution in [3.05, 3.63) is 18.0 Å². The largest absolute Gasteiger partial charge is 0.394 e. The zero-order valence-electron chi connectivity index (χ0n) is 15.8. The summed E-state index contributed by atoms with van der Waals surface area (Å²) in [6, 6.07) is 2.00. The molecule has 0 saturated heterocycles. The third kappa shape index (κ3) is 3.54. The fourth-order valence-corrected chi connectivity index (χ4v) is 4.14. The number of anilines is 3. The molecule has 5 rings (SSSR count). The van der Waals surface area contributed by atoms with E-state index in [1.165, 1.54) is 32.1 Å². The first kappa shape index (κ1) is 17.4. The smallest absolute Gasteiger partial charge is 0.227 e. The van der Waals surface area contributed by atoms with Crippen LogP contribution >= 0.6 is 0 Å². The van der Waals surface area contributed by atoms with E-state index in [4.69, 9.17) is 0 Å². The van der Waals surface area contributed by atoms with Crippen LogP contribution < -0.4 is 10.6 Å². The maximum Gasteiger partial charge on any atom is 0.227 e. The van der Waals surface area contributed by atoms with E-state index < -0.39 is 0 Å². The monoisotopic (exact) mass is 382 g/mol. The van der Waals surface area contributed by atoms with Gasteiger partial charge in [-0.05, 0) is 31.6 Å². The molecule has 3 heterocycles. The highest BCUT2D eigenvalue weighted by Crippen LogP contribution is 2.39. The molecule has 0 amide bonds. The highest BCUT2D eigenvalue weighted by molar-refractivity contribution is 5.88. The van der Waals surface area contributed by atoms with Crippen LogP contribution in [0.5, 0.6) is 0 Å². The Morgan fingerprint density at radius 3 is 2.75 bits per heavy atom. The molecule has 3 aromatic rings. The molecule has 0 aromatic carbocycles. The SMILES string of the molecule is OC[C@@H](Nc1nc(Nc2cc(C3CC3)[nH]n2)c2cn[nH]c2n1)C1CCCCC1. The lowest BCUT2D eigenvalue weighted by molar-refractivity contribution is 0.209. The number of H-pyrrole nitrogens is 2. The Hall–Kier alpha value is -2.68. The lowest BCUT2D eigenvalue weighted by atomic mass is 9.84. The minimum atomic E-state index is -0.0413. The normalized spacial score (nSPS) is 19.0. The van der Waals surface area contributed by atoms with Crippen molar-refractivity contribution in [3.8, 4) is 0 Å². The van der Waals surface area contributed by atoms with Gasteiger partial charge in [0.25, 0.3) is 0 Å². The van der Waals surface area contributed by atoms with Crippen molar-refractivity contribution in [3.63, 3.8) is 0 Å². The van der Waals surface area contributed by atoms with Crippen LogP contribution in [0.2, 0.25) is 0 Å². The van der Waals surface area contributed by atoms with Crippen LogP contribution in [0.15, 0.2) is 12.3 Å². The van der Waals surface area contributed by atoms with Crippen molar-refractivity contribution in [2.45, 2.75) is 56.9 Å². The second-order valence-electron chi connectivity index (χ2n) is 7.97. The zero-order chi connectivity index (χ0) is 18.9. The van der Waals surface area contributed by atoms with Gasteiger partial charge in [-0.25, -0.2) is 0 Å². The van der Waals surface area contributed by atoms with Gasteiger partial charge in [-0.1, -0.05) is 19.3 Å². The number of aliphatic hydroxyl groups is 1. The van der Waals surface area contributed by atoms with Gasteiger partial charge in [-0.15, -0.1) is 0 Å². The van der Waals surface area contributed by atoms with Crippen molar-refractivity contribution >= 4 is 28.6 Å². The lowest BCUT2D eigenvalue weighted by Crippen LogP contribution is -2.34. The molecule has 5 N–H and O–H groups in total. The molecule has 0 spiro atoms. The molecule has 0 radical (unpaired) electrons. The van der Waals surface area contributed by atoms with Crippen LogP contribution in [0, 0.1) is 5.92 Å². The molecule has 9 nitrogen and oxygen atoms in total. The van der Waals surface area contributed by atoms with Crippen LogP contribution in [0.3, 0.4) is 0 Å². The summed E-state index contributed by atoms with van der Waals surface area (Å²) in [6.45, 7) is 0.0713. The Balaban J connectivity index is 1.39. The van der Waals surface area contributed by atoms with Crippen molar-refractivity contribution in [2.24, 2.45) is 5.92 Å². The third-order valence-electron chi connectivity index (χ3n) is 5.90. The Kier molecular flexibility index (Phi) is 4.59. The number of rotatable bonds is 7. The molecule has 28 heavy (non-hydrogen) atoms. The van der Waals surface area contributed by atoms with E-state index in [0.717, 1.165) is 29.7 Å². The number of nitrogens with zero attached hydrogens (tertiary/aromatic N) is 4. The Morgan fingerprint density at radius 2 is 1.96 bits per heavy atom. The van der Waals surface area contributed by atoms with Crippen LogP contribution in [-0.4, -0.2) is 48.1 Å². The quantitative estimate of drug-likeness (QED) is 0.425. The molecule has 9 heteroatoms. The van der Waals surface area contributed by atoms with Gasteiger partial charge < -0.3 is 15.7 Å². The molecular formula is C19H26N8O. The maximum atomic E-state index is 9.91. The Morgan fingerprint density at radius 1 is 1.11 bits per heavy atom. The second kappa shape index (κ2) is 7.38. The van der Waals surface area contributed by atoms with Gasteiger partial charge in [-0.2, -0.15) is 20.2 Å². The van der Waals surface area contributed by atoms with E-state index >= 15 is 0 Å². The van der Waals surface area contributed by atoms with Gasteiger partial charge >= 0.3 is 0 Å². The fraction of sp³-hybridized carbons (Fsp3) is 0.579. The highest BCUT2D eigenvalue weighted by Gasteiger charge is 2.26. The lowest BCUT2D eigenvalue weighted by Gasteiger charge is -2.29. The minimum Gasteiger partial charge on any atom is -0.394 e. The van der Waals surface area contributed by atoms with E-state index in [1.807, 2.05) is 6.07 Å². The summed E-state index contributed by atoms with van der Waals surface area (Å²) in [5, 5.41) is 31.8. The number of aromatic nitrogens is 6. The molecule has 1 atom stereocenters. The Bertz CT molecular complexity index is 940. The predicted octanol–water partition coefficient (Wildman–Crippen LogP) is 3.05. The van der Waals surface area contributed by atoms with E-state index in [-0.39, 0.29) is 12.6 Å². The minimum absolute atomic E-state index is 0.0413. The van der Waals surface area contributed by atoms with Crippen LogP contribution in [-0.2, 0) is 0 Å². The van der Waals surface area contributed by atoms with Gasteiger partial charge in [-0.3, -0.25) is 10.2 Å². The number of aromatic amines is 2. The summed E-state index contributed by atoms with van der Waals surface area (Å²) in [6.07, 6.45) is 10.1. The van der Waals surface area contributed by atoms with E-state index in [2.05, 4.69) is 41.0 Å². The zero-order valence-corrected chi connectivity index (χ0v) is 15.8. The first-order valence-corrected chi connectivity index (χ1v) is 10.2. The standard InChI is InChI=1S/C19H26N8O/c28-10-15(11-4-2-1-3-5-11)21-19-23-17(13-9-20-27-18(13)24-19)22-16-8-14(25-26-16)12-6-7-12/h8-9,11-12,15,28H,1-7,10H2,(H4,20,21,22,23,24,25,26,27)/t15-/m1/s1. The fourth-order valence-electron chi connectivity index (χ4n) is 4.14. The number of nitrogens with one attached hydrogen (secondary N) is 4. The van der Waals surface area contributed by atoms with Crippen molar-refractivity contribution < 1.29 is 5.11 Å².